The number of pyridine rings is 1. The summed E-state index contributed by atoms with van der Waals surface area (Å²) >= 11 is 0. The van der Waals surface area contributed by atoms with E-state index in [1.54, 1.807) is 34.6 Å². The van der Waals surface area contributed by atoms with Gasteiger partial charge in [-0.25, -0.2) is 4.98 Å². The van der Waals surface area contributed by atoms with Crippen molar-refractivity contribution in [2.45, 2.75) is 13.0 Å². The zero-order chi connectivity index (χ0) is 18.8. The number of ether oxygens (including phenoxy) is 3. The molecule has 0 aliphatic rings. The molecule has 0 aliphatic carbocycles. The van der Waals surface area contributed by atoms with E-state index in [1.165, 1.54) is 0 Å². The van der Waals surface area contributed by atoms with E-state index in [9.17, 15) is 0 Å². The summed E-state index contributed by atoms with van der Waals surface area (Å²) in [6.07, 6.45) is 2.56. The first-order chi connectivity index (χ1) is 12.7. The number of guanidine groups is 1. The van der Waals surface area contributed by atoms with E-state index in [1.807, 2.05) is 30.3 Å². The van der Waals surface area contributed by atoms with Gasteiger partial charge in [-0.05, 0) is 35.7 Å². The summed E-state index contributed by atoms with van der Waals surface area (Å²) < 4.78 is 15.7. The predicted molar refractivity (Wildman–Crippen MR) is 118 cm³/mol. The predicted octanol–water partition coefficient (Wildman–Crippen LogP) is 2.63. The fraction of sp³-hybridized carbons (Fsp3) is 0.368. The van der Waals surface area contributed by atoms with Crippen molar-refractivity contribution in [3.8, 4) is 17.4 Å². The number of nitrogens with zero attached hydrogens (tertiary/aromatic N) is 2. The Morgan fingerprint density at radius 3 is 2.41 bits per heavy atom. The third-order valence-electron chi connectivity index (χ3n) is 3.85. The molecule has 1 aromatic heterocycles. The Morgan fingerprint density at radius 1 is 0.963 bits per heavy atom. The van der Waals surface area contributed by atoms with E-state index in [4.69, 9.17) is 14.2 Å². The molecule has 0 amide bonds. The van der Waals surface area contributed by atoms with E-state index in [0.717, 1.165) is 41.6 Å². The molecule has 27 heavy (non-hydrogen) atoms. The van der Waals surface area contributed by atoms with Crippen molar-refractivity contribution in [3.05, 3.63) is 47.7 Å². The van der Waals surface area contributed by atoms with Crippen LogP contribution < -0.4 is 24.8 Å². The van der Waals surface area contributed by atoms with Gasteiger partial charge in [-0.3, -0.25) is 4.99 Å². The van der Waals surface area contributed by atoms with Crippen LogP contribution in [0.15, 0.2) is 41.5 Å². The molecule has 0 aliphatic heterocycles. The van der Waals surface area contributed by atoms with Gasteiger partial charge < -0.3 is 24.8 Å². The molecule has 1 aromatic carbocycles. The summed E-state index contributed by atoms with van der Waals surface area (Å²) in [6.45, 7) is 1.38. The number of benzene rings is 1. The highest BCUT2D eigenvalue weighted by Crippen LogP contribution is 2.27. The van der Waals surface area contributed by atoms with Crippen LogP contribution in [0.4, 0.5) is 0 Å². The smallest absolute Gasteiger partial charge is 0.213 e. The molecule has 0 saturated carbocycles. The highest BCUT2D eigenvalue weighted by molar-refractivity contribution is 14.0. The van der Waals surface area contributed by atoms with Gasteiger partial charge in [-0.2, -0.15) is 0 Å². The Labute approximate surface area is 177 Å². The van der Waals surface area contributed by atoms with Crippen LogP contribution in [0.2, 0.25) is 0 Å². The van der Waals surface area contributed by atoms with Gasteiger partial charge in [0.2, 0.25) is 5.88 Å². The van der Waals surface area contributed by atoms with Crippen molar-refractivity contribution in [2.75, 3.05) is 34.9 Å². The molecular formula is C19H27IN4O3. The number of halogens is 1. The number of aliphatic imine (C=N–C) groups is 1. The summed E-state index contributed by atoms with van der Waals surface area (Å²) in [7, 11) is 6.62. The molecule has 0 unspecified atom stereocenters. The van der Waals surface area contributed by atoms with E-state index in [2.05, 4.69) is 20.6 Å². The molecule has 2 aromatic rings. The van der Waals surface area contributed by atoms with Crippen LogP contribution in [0.5, 0.6) is 17.4 Å². The molecule has 0 atom stereocenters. The van der Waals surface area contributed by atoms with Crippen molar-refractivity contribution >= 4 is 29.9 Å². The Bertz CT molecular complexity index is 741. The van der Waals surface area contributed by atoms with Gasteiger partial charge in [0.05, 0.1) is 21.3 Å². The average Bonchev–Trinajstić information content (AvgIpc) is 2.70. The number of rotatable bonds is 8. The van der Waals surface area contributed by atoms with Crippen LogP contribution in [-0.2, 0) is 13.0 Å². The maximum atomic E-state index is 5.34. The number of hydrogen-bond acceptors (Lipinski definition) is 5. The Morgan fingerprint density at radius 2 is 1.74 bits per heavy atom. The largest absolute Gasteiger partial charge is 0.493 e. The molecule has 0 saturated heterocycles. The molecule has 7 nitrogen and oxygen atoms in total. The van der Waals surface area contributed by atoms with Crippen LogP contribution in [0.1, 0.15) is 11.1 Å². The Hall–Kier alpha value is -2.23. The third kappa shape index (κ3) is 7.12. The summed E-state index contributed by atoms with van der Waals surface area (Å²) in [5.74, 6) is 2.80. The topological polar surface area (TPSA) is 77.0 Å². The van der Waals surface area contributed by atoms with Gasteiger partial charge in [0.1, 0.15) is 0 Å². The highest BCUT2D eigenvalue weighted by Gasteiger charge is 2.05. The van der Waals surface area contributed by atoms with Gasteiger partial charge in [-0.1, -0.05) is 6.07 Å². The van der Waals surface area contributed by atoms with Gasteiger partial charge in [0, 0.05) is 32.4 Å². The van der Waals surface area contributed by atoms with E-state index < -0.39 is 0 Å². The van der Waals surface area contributed by atoms with Crippen LogP contribution in [0.3, 0.4) is 0 Å². The van der Waals surface area contributed by atoms with E-state index in [-0.39, 0.29) is 24.0 Å². The molecule has 0 fully saturated rings. The van der Waals surface area contributed by atoms with Crippen LogP contribution >= 0.6 is 24.0 Å². The summed E-state index contributed by atoms with van der Waals surface area (Å²) in [5.41, 5.74) is 2.23. The van der Waals surface area contributed by atoms with Crippen molar-refractivity contribution in [1.82, 2.24) is 15.6 Å². The standard InChI is InChI=1S/C19H26N4O3.HI/c1-20-19(23-13-15-8-9-21-18(12-15)26-4)22-10-7-14-5-6-16(24-2)17(11-14)25-3;/h5-6,8-9,11-12H,7,10,13H2,1-4H3,(H2,20,22,23);1H. The summed E-state index contributed by atoms with van der Waals surface area (Å²) in [6, 6.07) is 9.76. The molecule has 0 spiro atoms. The van der Waals surface area contributed by atoms with Gasteiger partial charge in [0.15, 0.2) is 17.5 Å². The molecule has 1 heterocycles. The van der Waals surface area contributed by atoms with Crippen molar-refractivity contribution in [1.29, 1.82) is 0 Å². The van der Waals surface area contributed by atoms with Gasteiger partial charge in [0.25, 0.3) is 0 Å². The van der Waals surface area contributed by atoms with Gasteiger partial charge >= 0.3 is 0 Å². The molecule has 148 valence electrons. The first-order valence-electron chi connectivity index (χ1n) is 8.34. The van der Waals surface area contributed by atoms with Crippen LogP contribution in [0.25, 0.3) is 0 Å². The number of aromatic nitrogens is 1. The lowest BCUT2D eigenvalue weighted by atomic mass is 10.1. The lowest BCUT2D eigenvalue weighted by Crippen LogP contribution is -2.37. The number of nitrogens with one attached hydrogen (secondary N) is 2. The molecule has 8 heteroatoms. The first-order valence-corrected chi connectivity index (χ1v) is 8.34. The van der Waals surface area contributed by atoms with E-state index in [0.29, 0.717) is 12.4 Å². The third-order valence-corrected chi connectivity index (χ3v) is 3.85. The minimum absolute atomic E-state index is 0. The molecule has 2 rings (SSSR count). The van der Waals surface area contributed by atoms with Crippen LogP contribution in [-0.4, -0.2) is 45.9 Å². The quantitative estimate of drug-likeness (QED) is 0.340. The molecule has 0 radical (unpaired) electrons. The first kappa shape index (κ1) is 22.8. The molecule has 0 bridgehead atoms. The minimum Gasteiger partial charge on any atom is -0.493 e. The number of methoxy groups -OCH3 is 3. The maximum Gasteiger partial charge on any atom is 0.213 e. The normalized spacial score (nSPS) is 10.6. The second-order valence-corrected chi connectivity index (χ2v) is 5.50. The van der Waals surface area contributed by atoms with Crippen molar-refractivity contribution in [3.63, 3.8) is 0 Å². The monoisotopic (exact) mass is 486 g/mol. The van der Waals surface area contributed by atoms with Crippen molar-refractivity contribution in [2.24, 2.45) is 4.99 Å². The summed E-state index contributed by atoms with van der Waals surface area (Å²) in [5, 5.41) is 6.58. The maximum absolute atomic E-state index is 5.34. The lowest BCUT2D eigenvalue weighted by molar-refractivity contribution is 0.354. The van der Waals surface area contributed by atoms with Crippen molar-refractivity contribution < 1.29 is 14.2 Å². The molecular weight excluding hydrogens is 459 g/mol. The minimum atomic E-state index is 0. The average molecular weight is 486 g/mol. The zero-order valence-electron chi connectivity index (χ0n) is 16.1. The molecule has 2 N–H and O–H groups in total. The second-order valence-electron chi connectivity index (χ2n) is 5.50. The fourth-order valence-electron chi connectivity index (χ4n) is 2.44. The second kappa shape index (κ2) is 12.2. The van der Waals surface area contributed by atoms with Gasteiger partial charge in [-0.15, -0.1) is 24.0 Å². The summed E-state index contributed by atoms with van der Waals surface area (Å²) in [4.78, 5) is 8.34. The number of hydrogen-bond donors (Lipinski definition) is 2. The fourth-order valence-corrected chi connectivity index (χ4v) is 2.44. The Kier molecular flexibility index (Phi) is 10.3. The lowest BCUT2D eigenvalue weighted by Gasteiger charge is -2.13. The van der Waals surface area contributed by atoms with Crippen LogP contribution in [0, 0.1) is 0 Å². The SMILES string of the molecule is CN=C(NCCc1ccc(OC)c(OC)c1)NCc1ccnc(OC)c1.I. The highest BCUT2D eigenvalue weighted by atomic mass is 127. The van der Waals surface area contributed by atoms with E-state index >= 15 is 0 Å². The zero-order valence-corrected chi connectivity index (χ0v) is 18.4. The Balaban J connectivity index is 0.00000364.